The highest BCUT2D eigenvalue weighted by atomic mass is 19.1. The summed E-state index contributed by atoms with van der Waals surface area (Å²) in [6, 6.07) is 6.17. The van der Waals surface area contributed by atoms with Crippen molar-refractivity contribution in [2.45, 2.75) is 26.7 Å². The fourth-order valence-corrected chi connectivity index (χ4v) is 1.77. The summed E-state index contributed by atoms with van der Waals surface area (Å²) in [5.41, 5.74) is -0.763. The first kappa shape index (κ1) is 15.0. The Morgan fingerprint density at radius 1 is 1.47 bits per heavy atom. The van der Waals surface area contributed by atoms with Gasteiger partial charge in [0.05, 0.1) is 13.2 Å². The molecule has 0 saturated heterocycles. The summed E-state index contributed by atoms with van der Waals surface area (Å²) in [6.07, 6.45) is 0.814. The van der Waals surface area contributed by atoms with Gasteiger partial charge in [-0.15, -0.1) is 0 Å². The molecule has 1 aromatic rings. The second-order valence-corrected chi connectivity index (χ2v) is 4.20. The molecule has 0 unspecified atom stereocenters. The van der Waals surface area contributed by atoms with Crippen molar-refractivity contribution in [1.82, 2.24) is 0 Å². The van der Waals surface area contributed by atoms with Gasteiger partial charge in [-0.2, -0.15) is 5.26 Å². The molecule has 102 valence electrons. The van der Waals surface area contributed by atoms with Crippen molar-refractivity contribution in [3.63, 3.8) is 0 Å². The van der Waals surface area contributed by atoms with Crippen LogP contribution in [-0.2, 0) is 4.79 Å². The van der Waals surface area contributed by atoms with Gasteiger partial charge >= 0.3 is 0 Å². The Labute approximate surface area is 112 Å². The van der Waals surface area contributed by atoms with Gasteiger partial charge in [0.2, 0.25) is 5.91 Å². The first-order valence-corrected chi connectivity index (χ1v) is 6.09. The maximum atomic E-state index is 13.5. The summed E-state index contributed by atoms with van der Waals surface area (Å²) in [4.78, 5) is 12.1. The van der Waals surface area contributed by atoms with E-state index in [1.165, 1.54) is 25.3 Å². The van der Waals surface area contributed by atoms with Crippen LogP contribution in [0.2, 0.25) is 0 Å². The highest BCUT2D eigenvalue weighted by Gasteiger charge is 2.35. The second kappa shape index (κ2) is 6.19. The Morgan fingerprint density at radius 2 is 2.11 bits per heavy atom. The van der Waals surface area contributed by atoms with Crippen LogP contribution in [0.5, 0.6) is 5.75 Å². The minimum absolute atomic E-state index is 0.107. The van der Waals surface area contributed by atoms with Crippen molar-refractivity contribution in [3.8, 4) is 11.8 Å². The molecule has 4 nitrogen and oxygen atoms in total. The summed E-state index contributed by atoms with van der Waals surface area (Å²) in [6.45, 7) is 3.56. The molecule has 0 aliphatic heterocycles. The van der Waals surface area contributed by atoms with Gasteiger partial charge in [-0.1, -0.05) is 13.8 Å². The van der Waals surface area contributed by atoms with Crippen LogP contribution in [0.4, 0.5) is 10.1 Å². The largest absolute Gasteiger partial charge is 0.494 e. The molecule has 0 heterocycles. The zero-order valence-corrected chi connectivity index (χ0v) is 11.3. The van der Waals surface area contributed by atoms with Gasteiger partial charge < -0.3 is 10.1 Å². The maximum Gasteiger partial charge on any atom is 0.244 e. The van der Waals surface area contributed by atoms with Gasteiger partial charge in [0.15, 0.2) is 11.6 Å². The van der Waals surface area contributed by atoms with Crippen molar-refractivity contribution in [2.75, 3.05) is 12.4 Å². The van der Waals surface area contributed by atoms with Gasteiger partial charge in [0.25, 0.3) is 0 Å². The van der Waals surface area contributed by atoms with Crippen LogP contribution in [0.3, 0.4) is 0 Å². The van der Waals surface area contributed by atoms with Crippen LogP contribution in [-0.4, -0.2) is 13.0 Å². The van der Waals surface area contributed by atoms with E-state index >= 15 is 0 Å². The molecule has 19 heavy (non-hydrogen) atoms. The lowest BCUT2D eigenvalue weighted by Gasteiger charge is -2.22. The topological polar surface area (TPSA) is 62.1 Å². The summed E-state index contributed by atoms with van der Waals surface area (Å²) < 4.78 is 18.3. The van der Waals surface area contributed by atoms with Crippen molar-refractivity contribution in [2.24, 2.45) is 5.41 Å². The van der Waals surface area contributed by atoms with Crippen molar-refractivity contribution >= 4 is 11.6 Å². The Morgan fingerprint density at radius 3 is 2.53 bits per heavy atom. The zero-order valence-electron chi connectivity index (χ0n) is 11.3. The number of nitrogens with one attached hydrogen (secondary N) is 1. The van der Waals surface area contributed by atoms with E-state index in [0.717, 1.165) is 0 Å². The number of amides is 1. The summed E-state index contributed by atoms with van der Waals surface area (Å²) in [5, 5.41) is 11.7. The van der Waals surface area contributed by atoms with E-state index in [1.807, 2.05) is 6.07 Å². The van der Waals surface area contributed by atoms with Crippen molar-refractivity contribution in [1.29, 1.82) is 5.26 Å². The molecular weight excluding hydrogens is 247 g/mol. The minimum Gasteiger partial charge on any atom is -0.494 e. The van der Waals surface area contributed by atoms with E-state index in [1.54, 1.807) is 13.8 Å². The van der Waals surface area contributed by atoms with Gasteiger partial charge in [-0.05, 0) is 25.0 Å². The van der Waals surface area contributed by atoms with E-state index in [4.69, 9.17) is 10.00 Å². The van der Waals surface area contributed by atoms with E-state index in [9.17, 15) is 9.18 Å². The van der Waals surface area contributed by atoms with Crippen LogP contribution in [0.1, 0.15) is 26.7 Å². The molecule has 0 aromatic heterocycles. The number of rotatable bonds is 5. The molecule has 0 aliphatic rings. The average Bonchev–Trinajstić information content (AvgIpc) is 2.41. The quantitative estimate of drug-likeness (QED) is 0.888. The third kappa shape index (κ3) is 3.02. The molecule has 0 fully saturated rings. The summed E-state index contributed by atoms with van der Waals surface area (Å²) in [7, 11) is 1.37. The molecule has 0 atom stereocenters. The van der Waals surface area contributed by atoms with Gasteiger partial charge in [-0.25, -0.2) is 4.39 Å². The number of anilines is 1. The van der Waals surface area contributed by atoms with E-state index in [0.29, 0.717) is 18.5 Å². The number of carbonyl (C=O) groups excluding carboxylic acids is 1. The van der Waals surface area contributed by atoms with Crippen LogP contribution < -0.4 is 10.1 Å². The Bertz CT molecular complexity index is 505. The standard InChI is InChI=1S/C14H17FN2O2/c1-4-14(5-2,9-16)13(18)17-10-6-7-12(19-3)11(15)8-10/h6-8H,4-5H2,1-3H3,(H,17,18). The van der Waals surface area contributed by atoms with Gasteiger partial charge in [-0.3, -0.25) is 4.79 Å². The van der Waals surface area contributed by atoms with E-state index in [2.05, 4.69) is 5.32 Å². The second-order valence-electron chi connectivity index (χ2n) is 4.20. The monoisotopic (exact) mass is 264 g/mol. The minimum atomic E-state index is -1.07. The van der Waals surface area contributed by atoms with Crippen LogP contribution >= 0.6 is 0 Å². The highest BCUT2D eigenvalue weighted by Crippen LogP contribution is 2.28. The van der Waals surface area contributed by atoms with Crippen LogP contribution in [0.15, 0.2) is 18.2 Å². The fourth-order valence-electron chi connectivity index (χ4n) is 1.77. The smallest absolute Gasteiger partial charge is 0.244 e. The number of hydrogen-bond acceptors (Lipinski definition) is 3. The first-order chi connectivity index (χ1) is 9.02. The molecule has 0 aliphatic carbocycles. The lowest BCUT2D eigenvalue weighted by Crippen LogP contribution is -2.33. The number of hydrogen-bond donors (Lipinski definition) is 1. The molecule has 0 radical (unpaired) electrons. The van der Waals surface area contributed by atoms with Crippen LogP contribution in [0.25, 0.3) is 0 Å². The third-order valence-corrected chi connectivity index (χ3v) is 3.27. The Kier molecular flexibility index (Phi) is 4.87. The van der Waals surface area contributed by atoms with Crippen LogP contribution in [0, 0.1) is 22.6 Å². The first-order valence-electron chi connectivity index (χ1n) is 6.09. The Balaban J connectivity index is 2.94. The SMILES string of the molecule is CCC(C#N)(CC)C(=O)Nc1ccc(OC)c(F)c1. The summed E-state index contributed by atoms with van der Waals surface area (Å²) >= 11 is 0. The number of ether oxygens (including phenoxy) is 1. The molecule has 0 spiro atoms. The van der Waals surface area contributed by atoms with Gasteiger partial charge in [0, 0.05) is 11.8 Å². The number of methoxy groups -OCH3 is 1. The summed E-state index contributed by atoms with van der Waals surface area (Å²) in [5.74, 6) is -0.865. The average molecular weight is 264 g/mol. The van der Waals surface area contributed by atoms with Gasteiger partial charge in [0.1, 0.15) is 5.41 Å². The molecule has 0 bridgehead atoms. The number of nitriles is 1. The number of carbonyl (C=O) groups is 1. The molecule has 5 heteroatoms. The van der Waals surface area contributed by atoms with Crippen molar-refractivity contribution in [3.05, 3.63) is 24.0 Å². The molecule has 1 N–H and O–H groups in total. The van der Waals surface area contributed by atoms with Crippen molar-refractivity contribution < 1.29 is 13.9 Å². The Hall–Kier alpha value is -2.09. The fraction of sp³-hybridized carbons (Fsp3) is 0.429. The predicted molar refractivity (Wildman–Crippen MR) is 70.2 cm³/mol. The number of nitrogens with zero attached hydrogens (tertiary/aromatic N) is 1. The molecule has 0 saturated carbocycles. The lowest BCUT2D eigenvalue weighted by molar-refractivity contribution is -0.123. The third-order valence-electron chi connectivity index (χ3n) is 3.27. The normalized spacial score (nSPS) is 10.7. The predicted octanol–water partition coefficient (Wildman–Crippen LogP) is 3.10. The molecule has 1 rings (SSSR count). The molecular formula is C14H17FN2O2. The lowest BCUT2D eigenvalue weighted by atomic mass is 9.83. The molecule has 1 aromatic carbocycles. The van der Waals surface area contributed by atoms with E-state index in [-0.39, 0.29) is 5.75 Å². The number of halogens is 1. The number of benzene rings is 1. The van der Waals surface area contributed by atoms with E-state index < -0.39 is 17.1 Å². The highest BCUT2D eigenvalue weighted by molar-refractivity contribution is 5.97. The molecule has 1 amide bonds. The maximum absolute atomic E-state index is 13.5. The zero-order chi connectivity index (χ0) is 14.5.